The fourth-order valence-corrected chi connectivity index (χ4v) is 1.48. The van der Waals surface area contributed by atoms with Crippen molar-refractivity contribution in [3.63, 3.8) is 0 Å². The van der Waals surface area contributed by atoms with Gasteiger partial charge in [-0.25, -0.2) is 0 Å². The Hall–Kier alpha value is -2.09. The van der Waals surface area contributed by atoms with Crippen LogP contribution in [-0.4, -0.2) is 6.29 Å². The molecule has 0 saturated heterocycles. The van der Waals surface area contributed by atoms with Crippen molar-refractivity contribution in [3.8, 4) is 0 Å². The van der Waals surface area contributed by atoms with Gasteiger partial charge in [-0.2, -0.15) is 0 Å². The van der Waals surface area contributed by atoms with E-state index in [1.165, 1.54) is 5.56 Å². The van der Waals surface area contributed by atoms with E-state index >= 15 is 0 Å². The van der Waals surface area contributed by atoms with Crippen LogP contribution >= 0.6 is 0 Å². The van der Waals surface area contributed by atoms with Crippen molar-refractivity contribution in [2.75, 3.05) is 5.32 Å². The summed E-state index contributed by atoms with van der Waals surface area (Å²) in [6.07, 6.45) is 0.848. The number of anilines is 1. The summed E-state index contributed by atoms with van der Waals surface area (Å²) in [4.78, 5) is 10.5. The van der Waals surface area contributed by atoms with E-state index in [0.29, 0.717) is 5.56 Å². The lowest BCUT2D eigenvalue weighted by molar-refractivity contribution is 0.112. The van der Waals surface area contributed by atoms with Crippen molar-refractivity contribution in [1.29, 1.82) is 0 Å². The molecule has 0 amide bonds. The first-order valence-electron chi connectivity index (χ1n) is 5.21. The van der Waals surface area contributed by atoms with Crippen LogP contribution in [0.4, 0.5) is 5.69 Å². The summed E-state index contributed by atoms with van der Waals surface area (Å²) in [5, 5.41) is 3.30. The Bertz CT molecular complexity index is 448. The first-order chi connectivity index (χ1) is 7.88. The van der Waals surface area contributed by atoms with Gasteiger partial charge in [-0.05, 0) is 29.8 Å². The van der Waals surface area contributed by atoms with E-state index < -0.39 is 0 Å². The number of aldehydes is 1. The summed E-state index contributed by atoms with van der Waals surface area (Å²) in [6, 6.07) is 17.6. The molecule has 0 spiro atoms. The Morgan fingerprint density at radius 2 is 1.62 bits per heavy atom. The third kappa shape index (κ3) is 2.70. The van der Waals surface area contributed by atoms with E-state index in [1.807, 2.05) is 30.3 Å². The number of hydrogen-bond acceptors (Lipinski definition) is 2. The highest BCUT2D eigenvalue weighted by molar-refractivity contribution is 5.75. The van der Waals surface area contributed by atoms with Crippen molar-refractivity contribution < 1.29 is 4.79 Å². The van der Waals surface area contributed by atoms with Gasteiger partial charge in [0.1, 0.15) is 6.29 Å². The molecule has 0 unspecified atom stereocenters. The van der Waals surface area contributed by atoms with Gasteiger partial charge in [0.2, 0.25) is 0 Å². The molecule has 0 aromatic heterocycles. The molecule has 0 aliphatic carbocycles. The van der Waals surface area contributed by atoms with Gasteiger partial charge in [0.15, 0.2) is 0 Å². The summed E-state index contributed by atoms with van der Waals surface area (Å²) in [5.41, 5.74) is 2.96. The lowest BCUT2D eigenvalue weighted by Crippen LogP contribution is -1.98. The second-order valence-corrected chi connectivity index (χ2v) is 3.58. The quantitative estimate of drug-likeness (QED) is 0.787. The maximum absolute atomic E-state index is 10.5. The lowest BCUT2D eigenvalue weighted by Gasteiger charge is -2.06. The molecule has 0 bridgehead atoms. The van der Waals surface area contributed by atoms with Crippen LogP contribution in [0, 0.1) is 0 Å². The van der Waals surface area contributed by atoms with E-state index in [9.17, 15) is 4.79 Å². The first kappa shape index (κ1) is 10.4. The van der Waals surface area contributed by atoms with Crippen LogP contribution in [0.1, 0.15) is 15.9 Å². The van der Waals surface area contributed by atoms with Gasteiger partial charge < -0.3 is 5.32 Å². The average Bonchev–Trinajstić information content (AvgIpc) is 2.38. The molecule has 0 heterocycles. The minimum Gasteiger partial charge on any atom is -0.381 e. The van der Waals surface area contributed by atoms with Gasteiger partial charge in [-0.1, -0.05) is 30.3 Å². The highest BCUT2D eigenvalue weighted by Gasteiger charge is 1.93. The summed E-state index contributed by atoms with van der Waals surface area (Å²) < 4.78 is 0. The Kier molecular flexibility index (Phi) is 3.34. The van der Waals surface area contributed by atoms with Crippen LogP contribution in [0.25, 0.3) is 0 Å². The molecule has 0 saturated carbocycles. The maximum Gasteiger partial charge on any atom is 0.150 e. The molecule has 0 aliphatic rings. The zero-order valence-electron chi connectivity index (χ0n) is 8.89. The molecule has 16 heavy (non-hydrogen) atoms. The molecule has 2 rings (SSSR count). The van der Waals surface area contributed by atoms with Crippen molar-refractivity contribution in [2.24, 2.45) is 0 Å². The number of nitrogens with one attached hydrogen (secondary N) is 1. The zero-order valence-corrected chi connectivity index (χ0v) is 8.89. The molecule has 2 heteroatoms. The number of hydrogen-bond donors (Lipinski definition) is 1. The summed E-state index contributed by atoms with van der Waals surface area (Å²) in [6.45, 7) is 0.793. The zero-order chi connectivity index (χ0) is 11.2. The molecule has 2 aromatic carbocycles. The van der Waals surface area contributed by atoms with Crippen LogP contribution in [0.5, 0.6) is 0 Å². The van der Waals surface area contributed by atoms with Crippen LogP contribution in [-0.2, 0) is 6.54 Å². The van der Waals surface area contributed by atoms with Crippen LogP contribution < -0.4 is 5.32 Å². The second-order valence-electron chi connectivity index (χ2n) is 3.58. The monoisotopic (exact) mass is 211 g/mol. The van der Waals surface area contributed by atoms with Crippen LogP contribution in [0.2, 0.25) is 0 Å². The molecule has 0 atom stereocenters. The predicted octanol–water partition coefficient (Wildman–Crippen LogP) is 3.11. The van der Waals surface area contributed by atoms with Crippen molar-refractivity contribution in [3.05, 3.63) is 65.7 Å². The van der Waals surface area contributed by atoms with Gasteiger partial charge in [-0.15, -0.1) is 0 Å². The number of carbonyl (C=O) groups is 1. The molecule has 0 radical (unpaired) electrons. The topological polar surface area (TPSA) is 29.1 Å². The molecule has 2 nitrogen and oxygen atoms in total. The number of benzene rings is 2. The standard InChI is InChI=1S/C14H13NO/c16-11-13-6-8-14(9-7-13)15-10-12-4-2-1-3-5-12/h1-9,11,15H,10H2. The van der Waals surface area contributed by atoms with E-state index in [0.717, 1.165) is 18.5 Å². The van der Waals surface area contributed by atoms with Gasteiger partial charge in [-0.3, -0.25) is 4.79 Å². The van der Waals surface area contributed by atoms with Crippen LogP contribution in [0.3, 0.4) is 0 Å². The van der Waals surface area contributed by atoms with Crippen molar-refractivity contribution in [2.45, 2.75) is 6.54 Å². The smallest absolute Gasteiger partial charge is 0.150 e. The van der Waals surface area contributed by atoms with E-state index in [1.54, 1.807) is 12.1 Å². The third-order valence-electron chi connectivity index (χ3n) is 2.39. The Morgan fingerprint density at radius 1 is 0.938 bits per heavy atom. The summed E-state index contributed by atoms with van der Waals surface area (Å²) in [7, 11) is 0. The molecule has 80 valence electrons. The SMILES string of the molecule is O=Cc1ccc(NCc2ccccc2)cc1. The average molecular weight is 211 g/mol. The van der Waals surface area contributed by atoms with Gasteiger partial charge in [0.25, 0.3) is 0 Å². The Balaban J connectivity index is 1.97. The predicted molar refractivity (Wildman–Crippen MR) is 65.6 cm³/mol. The first-order valence-corrected chi connectivity index (χ1v) is 5.21. The third-order valence-corrected chi connectivity index (χ3v) is 2.39. The van der Waals surface area contributed by atoms with Gasteiger partial charge in [0.05, 0.1) is 0 Å². The molecule has 0 aliphatic heterocycles. The normalized spacial score (nSPS) is 9.75. The van der Waals surface area contributed by atoms with Crippen molar-refractivity contribution in [1.82, 2.24) is 0 Å². The fraction of sp³-hybridized carbons (Fsp3) is 0.0714. The van der Waals surface area contributed by atoms with E-state index in [-0.39, 0.29) is 0 Å². The highest BCUT2D eigenvalue weighted by Crippen LogP contribution is 2.10. The largest absolute Gasteiger partial charge is 0.381 e. The van der Waals surface area contributed by atoms with Gasteiger partial charge in [0, 0.05) is 17.8 Å². The number of rotatable bonds is 4. The van der Waals surface area contributed by atoms with Crippen molar-refractivity contribution >= 4 is 12.0 Å². The van der Waals surface area contributed by atoms with E-state index in [2.05, 4.69) is 17.4 Å². The molecular formula is C14H13NO. The van der Waals surface area contributed by atoms with Crippen LogP contribution in [0.15, 0.2) is 54.6 Å². The lowest BCUT2D eigenvalue weighted by atomic mass is 10.2. The van der Waals surface area contributed by atoms with E-state index in [4.69, 9.17) is 0 Å². The maximum atomic E-state index is 10.5. The summed E-state index contributed by atoms with van der Waals surface area (Å²) >= 11 is 0. The minimum atomic E-state index is 0.699. The molecule has 1 N–H and O–H groups in total. The fourth-order valence-electron chi connectivity index (χ4n) is 1.48. The second kappa shape index (κ2) is 5.12. The molecule has 0 fully saturated rings. The molecular weight excluding hydrogens is 198 g/mol. The minimum absolute atomic E-state index is 0.699. The summed E-state index contributed by atoms with van der Waals surface area (Å²) in [5.74, 6) is 0. The highest BCUT2D eigenvalue weighted by atomic mass is 16.1. The Morgan fingerprint density at radius 3 is 2.25 bits per heavy atom. The van der Waals surface area contributed by atoms with Gasteiger partial charge >= 0.3 is 0 Å². The number of carbonyl (C=O) groups excluding carboxylic acids is 1. The Labute approximate surface area is 94.9 Å². The molecule has 2 aromatic rings.